The first-order valence-electron chi connectivity index (χ1n) is 6.47. The maximum atomic E-state index is 14.0. The average Bonchev–Trinajstić information content (AvgIpc) is 2.36. The van der Waals surface area contributed by atoms with Gasteiger partial charge in [0, 0.05) is 36.1 Å². The monoisotopic (exact) mass is 446 g/mol. The molecule has 1 atom stereocenters. The topological polar surface area (TPSA) is 64.3 Å². The molecule has 0 aliphatic heterocycles. The summed E-state index contributed by atoms with van der Waals surface area (Å²) in [5.74, 6) is -0.898. The first-order valence-corrected chi connectivity index (χ1v) is 7.26. The summed E-state index contributed by atoms with van der Waals surface area (Å²) in [7, 11) is 0. The van der Waals surface area contributed by atoms with Crippen LogP contribution in [0.2, 0.25) is 0 Å². The molecule has 1 aromatic carbocycles. The van der Waals surface area contributed by atoms with Gasteiger partial charge in [0.2, 0.25) is 0 Å². The third-order valence-electron chi connectivity index (χ3n) is 2.83. The first kappa shape index (κ1) is 22.3. The van der Waals surface area contributed by atoms with Crippen molar-refractivity contribution in [3.05, 3.63) is 34.1 Å². The Morgan fingerprint density at radius 3 is 2.39 bits per heavy atom. The zero-order chi connectivity index (χ0) is 17.1. The van der Waals surface area contributed by atoms with Gasteiger partial charge in [0.05, 0.1) is 0 Å². The Kier molecular flexibility index (Phi) is 8.20. The van der Waals surface area contributed by atoms with Gasteiger partial charge in [-0.1, -0.05) is 15.9 Å². The molecule has 0 aliphatic carbocycles. The molecule has 9 heteroatoms. The van der Waals surface area contributed by atoms with E-state index in [0.717, 1.165) is 12.1 Å². The van der Waals surface area contributed by atoms with Crippen LogP contribution >= 0.6 is 15.9 Å². The van der Waals surface area contributed by atoms with Crippen molar-refractivity contribution in [1.29, 1.82) is 0 Å². The summed E-state index contributed by atoms with van der Waals surface area (Å²) in [6.07, 6.45) is -4.23. The van der Waals surface area contributed by atoms with Gasteiger partial charge in [-0.05, 0) is 39.0 Å². The van der Waals surface area contributed by atoms with Crippen molar-refractivity contribution in [3.63, 3.8) is 0 Å². The minimum absolute atomic E-state index is 0. The number of hydrogen-bond acceptors (Lipinski definition) is 3. The standard InChI is InChI=1S/C14H18BrF3N2O2.Zn/c1-13(2,3)22-12(21)20-14(7-19,11(17)18)9-6-8(15)4-5-10(9)16;/h4-6,11H,7,19H2,1-3H3,(H,20,21);. The van der Waals surface area contributed by atoms with E-state index in [-0.39, 0.29) is 19.5 Å². The molecule has 1 rings (SSSR count). The summed E-state index contributed by atoms with van der Waals surface area (Å²) in [5.41, 5.74) is 1.76. The van der Waals surface area contributed by atoms with Crippen molar-refractivity contribution < 1.29 is 42.2 Å². The number of nitrogens with one attached hydrogen (secondary N) is 1. The molecule has 0 radical (unpaired) electrons. The molecule has 0 aliphatic rings. The quantitative estimate of drug-likeness (QED) is 0.693. The Morgan fingerprint density at radius 2 is 1.96 bits per heavy atom. The fourth-order valence-electron chi connectivity index (χ4n) is 1.81. The number of halogens is 4. The Morgan fingerprint density at radius 1 is 1.39 bits per heavy atom. The van der Waals surface area contributed by atoms with Crippen LogP contribution < -0.4 is 11.1 Å². The summed E-state index contributed by atoms with van der Waals surface area (Å²) in [4.78, 5) is 11.9. The summed E-state index contributed by atoms with van der Waals surface area (Å²) in [6, 6.07) is 3.54. The smallest absolute Gasteiger partial charge is 0.408 e. The van der Waals surface area contributed by atoms with E-state index >= 15 is 0 Å². The normalized spacial score (nSPS) is 14.0. The van der Waals surface area contributed by atoms with Crippen LogP contribution in [0.3, 0.4) is 0 Å². The van der Waals surface area contributed by atoms with Crippen LogP contribution in [-0.2, 0) is 29.8 Å². The van der Waals surface area contributed by atoms with E-state index in [4.69, 9.17) is 10.5 Å². The summed E-state index contributed by atoms with van der Waals surface area (Å²) >= 11 is 3.09. The Labute approximate surface area is 154 Å². The van der Waals surface area contributed by atoms with E-state index in [9.17, 15) is 18.0 Å². The molecule has 4 nitrogen and oxygen atoms in total. The van der Waals surface area contributed by atoms with E-state index in [1.165, 1.54) is 6.07 Å². The van der Waals surface area contributed by atoms with E-state index < -0.39 is 41.6 Å². The van der Waals surface area contributed by atoms with Crippen LogP contribution in [0.4, 0.5) is 18.0 Å². The maximum absolute atomic E-state index is 14.0. The molecule has 126 valence electrons. The van der Waals surface area contributed by atoms with Crippen LogP contribution in [0.5, 0.6) is 0 Å². The van der Waals surface area contributed by atoms with Crippen LogP contribution in [0.1, 0.15) is 26.3 Å². The number of alkyl halides is 2. The number of ether oxygens (including phenoxy) is 1. The van der Waals surface area contributed by atoms with E-state index in [2.05, 4.69) is 15.9 Å². The average molecular weight is 449 g/mol. The molecular weight excluding hydrogens is 430 g/mol. The van der Waals surface area contributed by atoms with Gasteiger partial charge in [-0.3, -0.25) is 0 Å². The minimum atomic E-state index is -3.13. The molecule has 0 bridgehead atoms. The van der Waals surface area contributed by atoms with Crippen LogP contribution in [-0.4, -0.2) is 24.7 Å². The van der Waals surface area contributed by atoms with Gasteiger partial charge >= 0.3 is 6.09 Å². The van der Waals surface area contributed by atoms with E-state index in [1.807, 2.05) is 5.32 Å². The minimum Gasteiger partial charge on any atom is -0.444 e. The maximum Gasteiger partial charge on any atom is 0.408 e. The Bertz CT molecular complexity index is 555. The van der Waals surface area contributed by atoms with Gasteiger partial charge in [-0.15, -0.1) is 0 Å². The number of rotatable bonds is 4. The van der Waals surface area contributed by atoms with Crippen molar-refractivity contribution >= 4 is 22.0 Å². The molecule has 0 fully saturated rings. The van der Waals surface area contributed by atoms with Crippen molar-refractivity contribution in [2.45, 2.75) is 38.3 Å². The van der Waals surface area contributed by atoms with Gasteiger partial charge in [0.25, 0.3) is 6.43 Å². The summed E-state index contributed by atoms with van der Waals surface area (Å²) < 4.78 is 46.6. The second-order valence-electron chi connectivity index (χ2n) is 5.73. The van der Waals surface area contributed by atoms with E-state index in [0.29, 0.717) is 4.47 Å². The molecule has 23 heavy (non-hydrogen) atoms. The molecule has 1 unspecified atom stereocenters. The van der Waals surface area contributed by atoms with Gasteiger partial charge in [-0.2, -0.15) is 0 Å². The number of hydrogen-bond donors (Lipinski definition) is 2. The predicted molar refractivity (Wildman–Crippen MR) is 80.2 cm³/mol. The molecular formula is C14H18BrF3N2O2Zn. The number of alkyl carbamates (subject to hydrolysis) is 1. The second kappa shape index (κ2) is 8.44. The van der Waals surface area contributed by atoms with Crippen molar-refractivity contribution in [2.75, 3.05) is 6.54 Å². The van der Waals surface area contributed by atoms with Crippen LogP contribution in [0.25, 0.3) is 0 Å². The zero-order valence-electron chi connectivity index (χ0n) is 13.1. The predicted octanol–water partition coefficient (Wildman–Crippen LogP) is 3.53. The fraction of sp³-hybridized carbons (Fsp3) is 0.500. The van der Waals surface area contributed by atoms with Crippen molar-refractivity contribution in [2.24, 2.45) is 5.73 Å². The number of amides is 1. The van der Waals surface area contributed by atoms with Gasteiger partial charge < -0.3 is 15.8 Å². The van der Waals surface area contributed by atoms with Crippen molar-refractivity contribution in [1.82, 2.24) is 5.32 Å². The molecule has 0 heterocycles. The zero-order valence-corrected chi connectivity index (χ0v) is 17.7. The van der Waals surface area contributed by atoms with Crippen LogP contribution in [0.15, 0.2) is 22.7 Å². The summed E-state index contributed by atoms with van der Waals surface area (Å²) in [6.45, 7) is 4.05. The SMILES string of the molecule is CC(C)(C)OC(=O)NC(CN)(c1cc(Br)ccc1F)C(F)F.[Zn]. The fourth-order valence-corrected chi connectivity index (χ4v) is 2.18. The molecule has 3 N–H and O–H groups in total. The third kappa shape index (κ3) is 5.73. The molecule has 0 saturated carbocycles. The molecule has 1 aromatic rings. The molecule has 1 amide bonds. The summed E-state index contributed by atoms with van der Waals surface area (Å²) in [5, 5.41) is 2.02. The van der Waals surface area contributed by atoms with Crippen LogP contribution in [0, 0.1) is 5.82 Å². The number of carbonyl (C=O) groups is 1. The molecule has 0 spiro atoms. The Hall–Kier alpha value is -0.657. The first-order chi connectivity index (χ1) is 10.0. The third-order valence-corrected chi connectivity index (χ3v) is 3.32. The number of nitrogens with two attached hydrogens (primary N) is 1. The number of benzene rings is 1. The van der Waals surface area contributed by atoms with Crippen molar-refractivity contribution in [3.8, 4) is 0 Å². The number of carbonyl (C=O) groups excluding carboxylic acids is 1. The molecule has 0 aromatic heterocycles. The molecule has 0 saturated heterocycles. The Balaban J connectivity index is 0.00000484. The van der Waals surface area contributed by atoms with Gasteiger partial charge in [-0.25, -0.2) is 18.0 Å². The second-order valence-corrected chi connectivity index (χ2v) is 6.64. The largest absolute Gasteiger partial charge is 0.444 e. The van der Waals surface area contributed by atoms with Gasteiger partial charge in [0.15, 0.2) is 0 Å². The van der Waals surface area contributed by atoms with E-state index in [1.54, 1.807) is 20.8 Å². The van der Waals surface area contributed by atoms with Gasteiger partial charge in [0.1, 0.15) is 17.0 Å².